The van der Waals surface area contributed by atoms with Gasteiger partial charge in [-0.25, -0.2) is 0 Å². The number of hydrogen-bond acceptors (Lipinski definition) is 4. The molecular formula is C23H39IN4O3. The van der Waals surface area contributed by atoms with Crippen molar-refractivity contribution >= 4 is 35.8 Å². The maximum Gasteiger partial charge on any atom is 0.230 e. The number of aryl methyl sites for hydroxylation is 1. The van der Waals surface area contributed by atoms with E-state index in [4.69, 9.17) is 9.47 Å². The monoisotopic (exact) mass is 546 g/mol. The summed E-state index contributed by atoms with van der Waals surface area (Å²) in [7, 11) is 7.10. The smallest absolute Gasteiger partial charge is 0.230 e. The zero-order valence-electron chi connectivity index (χ0n) is 19.6. The average molecular weight is 546 g/mol. The van der Waals surface area contributed by atoms with Gasteiger partial charge in [-0.05, 0) is 50.3 Å². The highest BCUT2D eigenvalue weighted by atomic mass is 127. The van der Waals surface area contributed by atoms with Gasteiger partial charge in [0.25, 0.3) is 0 Å². The highest BCUT2D eigenvalue weighted by Crippen LogP contribution is 2.38. The Morgan fingerprint density at radius 3 is 2.48 bits per heavy atom. The molecule has 0 spiro atoms. The van der Waals surface area contributed by atoms with Gasteiger partial charge in [0.2, 0.25) is 5.91 Å². The minimum atomic E-state index is -0.306. The van der Waals surface area contributed by atoms with E-state index in [1.54, 1.807) is 19.1 Å². The van der Waals surface area contributed by atoms with E-state index in [1.165, 1.54) is 5.56 Å². The zero-order valence-corrected chi connectivity index (χ0v) is 22.0. The number of carbonyl (C=O) groups excluding carboxylic acids is 1. The van der Waals surface area contributed by atoms with Crippen molar-refractivity contribution in [3.63, 3.8) is 0 Å². The van der Waals surface area contributed by atoms with Crippen molar-refractivity contribution in [2.75, 3.05) is 47.9 Å². The molecule has 0 saturated heterocycles. The molecule has 1 fully saturated rings. The van der Waals surface area contributed by atoms with Gasteiger partial charge in [0.15, 0.2) is 17.5 Å². The van der Waals surface area contributed by atoms with Crippen LogP contribution >= 0.6 is 24.0 Å². The number of halogens is 1. The predicted octanol–water partition coefficient (Wildman–Crippen LogP) is 3.46. The molecule has 176 valence electrons. The van der Waals surface area contributed by atoms with Crippen LogP contribution in [0.5, 0.6) is 11.5 Å². The van der Waals surface area contributed by atoms with Gasteiger partial charge in [-0.2, -0.15) is 0 Å². The molecule has 1 aromatic carbocycles. The van der Waals surface area contributed by atoms with Crippen LogP contribution in [0.1, 0.15) is 44.6 Å². The van der Waals surface area contributed by atoms with Gasteiger partial charge in [-0.15, -0.1) is 24.0 Å². The molecule has 0 atom stereocenters. The van der Waals surface area contributed by atoms with E-state index in [-0.39, 0.29) is 35.3 Å². The first kappa shape index (κ1) is 27.3. The van der Waals surface area contributed by atoms with Crippen molar-refractivity contribution in [1.29, 1.82) is 0 Å². The van der Waals surface area contributed by atoms with E-state index in [1.807, 2.05) is 33.2 Å². The molecule has 0 unspecified atom stereocenters. The van der Waals surface area contributed by atoms with E-state index in [0.717, 1.165) is 62.5 Å². The summed E-state index contributed by atoms with van der Waals surface area (Å²) in [6, 6.07) is 6.08. The Hall–Kier alpha value is -1.71. The van der Waals surface area contributed by atoms with Crippen molar-refractivity contribution in [2.45, 2.75) is 45.4 Å². The van der Waals surface area contributed by atoms with Gasteiger partial charge in [0, 0.05) is 34.2 Å². The van der Waals surface area contributed by atoms with Gasteiger partial charge in [-0.3, -0.25) is 9.79 Å². The molecule has 0 radical (unpaired) electrons. The van der Waals surface area contributed by atoms with Gasteiger partial charge < -0.3 is 25.0 Å². The molecule has 2 rings (SSSR count). The molecule has 0 heterocycles. The summed E-state index contributed by atoms with van der Waals surface area (Å²) in [5.74, 6) is 2.51. The van der Waals surface area contributed by atoms with Crippen LogP contribution in [0, 0.1) is 5.41 Å². The van der Waals surface area contributed by atoms with Crippen LogP contribution in [0.3, 0.4) is 0 Å². The largest absolute Gasteiger partial charge is 0.493 e. The van der Waals surface area contributed by atoms with Crippen LogP contribution in [0.2, 0.25) is 0 Å². The normalized spacial score (nSPS) is 15.1. The zero-order chi connectivity index (χ0) is 22.0. The lowest BCUT2D eigenvalue weighted by Crippen LogP contribution is -2.49. The number of methoxy groups -OCH3 is 1. The maximum absolute atomic E-state index is 12.7. The SMILES string of the molecule is CCOc1cc(CCCNC(=NC)NCC2(C(=O)N(C)C)CCCC2)ccc1OC.I. The Balaban J connectivity index is 0.00000480. The quantitative estimate of drug-likeness (QED) is 0.204. The van der Waals surface area contributed by atoms with Crippen LogP contribution in [0.4, 0.5) is 0 Å². The summed E-state index contributed by atoms with van der Waals surface area (Å²) in [5, 5.41) is 6.75. The molecule has 7 nitrogen and oxygen atoms in total. The second kappa shape index (κ2) is 13.6. The molecule has 0 bridgehead atoms. The van der Waals surface area contributed by atoms with E-state index in [9.17, 15) is 4.79 Å². The Kier molecular flexibility index (Phi) is 12.0. The van der Waals surface area contributed by atoms with Crippen LogP contribution in [-0.2, 0) is 11.2 Å². The summed E-state index contributed by atoms with van der Waals surface area (Å²) in [6.07, 6.45) is 5.98. The Morgan fingerprint density at radius 1 is 1.19 bits per heavy atom. The van der Waals surface area contributed by atoms with Crippen molar-refractivity contribution < 1.29 is 14.3 Å². The molecule has 0 aromatic heterocycles. The van der Waals surface area contributed by atoms with Crippen LogP contribution in [0.15, 0.2) is 23.2 Å². The third-order valence-corrected chi connectivity index (χ3v) is 5.70. The number of guanidine groups is 1. The number of aliphatic imine (C=N–C) groups is 1. The number of amides is 1. The van der Waals surface area contributed by atoms with Crippen LogP contribution < -0.4 is 20.1 Å². The standard InChI is InChI=1S/C23H38N4O3.HI/c1-6-30-20-16-18(11-12-19(20)29-5)10-9-15-25-22(24-2)26-17-23(13-7-8-14-23)21(28)27(3)4;/h11-12,16H,6-10,13-15,17H2,1-5H3,(H2,24,25,26);1H. The summed E-state index contributed by atoms with van der Waals surface area (Å²) >= 11 is 0. The number of nitrogens with one attached hydrogen (secondary N) is 2. The minimum absolute atomic E-state index is 0. The Bertz CT molecular complexity index is 719. The average Bonchev–Trinajstić information content (AvgIpc) is 3.23. The number of hydrogen-bond donors (Lipinski definition) is 2. The molecule has 1 aliphatic carbocycles. The van der Waals surface area contributed by atoms with Gasteiger partial charge in [0.1, 0.15) is 0 Å². The van der Waals surface area contributed by atoms with E-state index >= 15 is 0 Å². The van der Waals surface area contributed by atoms with E-state index in [2.05, 4.69) is 21.7 Å². The van der Waals surface area contributed by atoms with Crippen molar-refractivity contribution in [3.05, 3.63) is 23.8 Å². The molecule has 1 aliphatic rings. The highest BCUT2D eigenvalue weighted by molar-refractivity contribution is 14.0. The fourth-order valence-electron chi connectivity index (χ4n) is 4.11. The number of nitrogens with zero attached hydrogens (tertiary/aromatic N) is 2. The fourth-order valence-corrected chi connectivity index (χ4v) is 4.11. The third-order valence-electron chi connectivity index (χ3n) is 5.70. The summed E-state index contributed by atoms with van der Waals surface area (Å²) in [4.78, 5) is 18.8. The van der Waals surface area contributed by atoms with Crippen molar-refractivity contribution in [3.8, 4) is 11.5 Å². The van der Waals surface area contributed by atoms with E-state index < -0.39 is 0 Å². The lowest BCUT2D eigenvalue weighted by Gasteiger charge is -2.31. The fraction of sp³-hybridized carbons (Fsp3) is 0.652. The van der Waals surface area contributed by atoms with Crippen molar-refractivity contribution in [2.24, 2.45) is 10.4 Å². The summed E-state index contributed by atoms with van der Waals surface area (Å²) in [5.41, 5.74) is 0.908. The van der Waals surface area contributed by atoms with Crippen LogP contribution in [-0.4, -0.2) is 64.7 Å². The second-order valence-electron chi connectivity index (χ2n) is 8.06. The number of ether oxygens (including phenoxy) is 2. The topological polar surface area (TPSA) is 75.2 Å². The molecule has 1 aromatic rings. The molecule has 1 amide bonds. The first-order valence-electron chi connectivity index (χ1n) is 10.9. The van der Waals surface area contributed by atoms with Crippen molar-refractivity contribution in [1.82, 2.24) is 15.5 Å². The molecule has 1 saturated carbocycles. The number of carbonyl (C=O) groups is 1. The predicted molar refractivity (Wildman–Crippen MR) is 137 cm³/mol. The third kappa shape index (κ3) is 7.73. The van der Waals surface area contributed by atoms with Crippen LogP contribution in [0.25, 0.3) is 0 Å². The molecule has 2 N–H and O–H groups in total. The van der Waals surface area contributed by atoms with Gasteiger partial charge in [0.05, 0.1) is 19.1 Å². The Morgan fingerprint density at radius 2 is 1.90 bits per heavy atom. The summed E-state index contributed by atoms with van der Waals surface area (Å²) < 4.78 is 11.0. The molecule has 31 heavy (non-hydrogen) atoms. The molecular weight excluding hydrogens is 507 g/mol. The lowest BCUT2D eigenvalue weighted by atomic mass is 9.84. The van der Waals surface area contributed by atoms with Gasteiger partial charge >= 0.3 is 0 Å². The number of benzene rings is 1. The maximum atomic E-state index is 12.7. The lowest BCUT2D eigenvalue weighted by molar-refractivity contribution is -0.138. The van der Waals surface area contributed by atoms with Gasteiger partial charge in [-0.1, -0.05) is 18.9 Å². The highest BCUT2D eigenvalue weighted by Gasteiger charge is 2.42. The summed E-state index contributed by atoms with van der Waals surface area (Å²) in [6.45, 7) is 4.00. The minimum Gasteiger partial charge on any atom is -0.493 e. The first-order valence-corrected chi connectivity index (χ1v) is 10.9. The number of rotatable bonds is 10. The second-order valence-corrected chi connectivity index (χ2v) is 8.06. The van der Waals surface area contributed by atoms with E-state index in [0.29, 0.717) is 13.2 Å². The molecule has 0 aliphatic heterocycles. The first-order chi connectivity index (χ1) is 14.5. The Labute approximate surface area is 204 Å². The molecule has 8 heteroatoms.